The number of rotatable bonds is 15. The molecule has 9 nitrogen and oxygen atoms in total. The molecule has 0 aliphatic carbocycles. The summed E-state index contributed by atoms with van der Waals surface area (Å²) in [6, 6.07) is 8.03. The number of carbonyl (C=O) groups excluding carboxylic acids is 4. The highest BCUT2D eigenvalue weighted by Gasteiger charge is 2.24. The number of alkyl carbamates (subject to hydrolysis) is 1. The first-order valence-electron chi connectivity index (χ1n) is 12.2. The van der Waals surface area contributed by atoms with E-state index in [4.69, 9.17) is 9.47 Å². The Morgan fingerprint density at radius 2 is 1.67 bits per heavy atom. The Kier molecular flexibility index (Phi) is 14.6. The summed E-state index contributed by atoms with van der Waals surface area (Å²) in [6.07, 6.45) is 4.48. The van der Waals surface area contributed by atoms with Crippen LogP contribution in [0.5, 0.6) is 0 Å². The van der Waals surface area contributed by atoms with Crippen LogP contribution in [0.1, 0.15) is 58.4 Å². The Hall–Kier alpha value is -2.75. The number of hydrogen-bond acceptors (Lipinski definition) is 7. The van der Waals surface area contributed by atoms with Crippen molar-refractivity contribution in [3.05, 3.63) is 35.9 Å². The van der Waals surface area contributed by atoms with Crippen molar-refractivity contribution in [2.45, 2.75) is 77.0 Å². The Balaban J connectivity index is 2.38. The molecule has 3 amide bonds. The number of benzene rings is 1. The molecule has 0 aliphatic heterocycles. The molecule has 0 aromatic heterocycles. The molecule has 1 rings (SSSR count). The lowest BCUT2D eigenvalue weighted by molar-refractivity contribution is -0.145. The Morgan fingerprint density at radius 1 is 0.972 bits per heavy atom. The lowest BCUT2D eigenvalue weighted by atomic mass is 10.1. The van der Waals surface area contributed by atoms with Gasteiger partial charge in [0.2, 0.25) is 11.8 Å². The Labute approximate surface area is 218 Å². The number of thioether (sulfide) groups is 1. The molecular formula is C26H41N3O6S. The molecule has 0 unspecified atom stereocenters. The first kappa shape index (κ1) is 31.3. The summed E-state index contributed by atoms with van der Waals surface area (Å²) in [6.45, 7) is 5.74. The molecule has 202 valence electrons. The molecule has 0 aliphatic rings. The molecule has 0 fully saturated rings. The van der Waals surface area contributed by atoms with E-state index >= 15 is 0 Å². The third-order valence-corrected chi connectivity index (χ3v) is 5.75. The van der Waals surface area contributed by atoms with Gasteiger partial charge in [0.25, 0.3) is 0 Å². The van der Waals surface area contributed by atoms with Crippen LogP contribution in [0.15, 0.2) is 30.3 Å². The topological polar surface area (TPSA) is 123 Å². The minimum atomic E-state index is -0.736. The number of ether oxygens (including phenoxy) is 2. The van der Waals surface area contributed by atoms with Crippen LogP contribution in [0.2, 0.25) is 0 Å². The van der Waals surface area contributed by atoms with Crippen molar-refractivity contribution in [2.24, 2.45) is 0 Å². The van der Waals surface area contributed by atoms with E-state index in [2.05, 4.69) is 16.0 Å². The van der Waals surface area contributed by atoms with Crippen LogP contribution in [0.25, 0.3) is 0 Å². The van der Waals surface area contributed by atoms with Crippen LogP contribution in [0.4, 0.5) is 4.79 Å². The SMILES string of the molecule is COC(=O)[C@H](Cc1ccccc1)NC(=O)CCCCCNC(=O)[C@H](CCSC)NC(=O)OC(C)(C)C. The van der Waals surface area contributed by atoms with Gasteiger partial charge in [-0.3, -0.25) is 9.59 Å². The first-order valence-corrected chi connectivity index (χ1v) is 13.6. The maximum atomic E-state index is 12.6. The first-order chi connectivity index (χ1) is 17.1. The zero-order valence-electron chi connectivity index (χ0n) is 22.1. The third-order valence-electron chi connectivity index (χ3n) is 5.10. The molecule has 0 radical (unpaired) electrons. The van der Waals surface area contributed by atoms with Gasteiger partial charge >= 0.3 is 12.1 Å². The normalized spacial score (nSPS) is 12.7. The molecule has 0 heterocycles. The fourth-order valence-electron chi connectivity index (χ4n) is 3.33. The van der Waals surface area contributed by atoms with Crippen LogP contribution in [-0.4, -0.2) is 67.2 Å². The number of nitrogens with one attached hydrogen (secondary N) is 3. The van der Waals surface area contributed by atoms with Crippen molar-refractivity contribution in [1.82, 2.24) is 16.0 Å². The highest BCUT2D eigenvalue weighted by molar-refractivity contribution is 7.98. The Morgan fingerprint density at radius 3 is 2.28 bits per heavy atom. The molecule has 0 bridgehead atoms. The number of unbranched alkanes of at least 4 members (excludes halogenated alkanes) is 2. The van der Waals surface area contributed by atoms with Gasteiger partial charge < -0.3 is 25.4 Å². The molecule has 36 heavy (non-hydrogen) atoms. The van der Waals surface area contributed by atoms with Gasteiger partial charge in [0.1, 0.15) is 17.7 Å². The molecule has 0 saturated heterocycles. The maximum absolute atomic E-state index is 12.6. The number of carbonyl (C=O) groups is 4. The van der Waals surface area contributed by atoms with E-state index in [1.165, 1.54) is 7.11 Å². The molecule has 2 atom stereocenters. The van der Waals surface area contributed by atoms with E-state index in [0.29, 0.717) is 32.2 Å². The van der Waals surface area contributed by atoms with Crippen LogP contribution in [0.3, 0.4) is 0 Å². The number of methoxy groups -OCH3 is 1. The largest absolute Gasteiger partial charge is 0.467 e. The molecule has 0 spiro atoms. The van der Waals surface area contributed by atoms with Gasteiger partial charge in [0.15, 0.2) is 0 Å². The highest BCUT2D eigenvalue weighted by atomic mass is 32.2. The fourth-order valence-corrected chi connectivity index (χ4v) is 3.80. The predicted octanol–water partition coefficient (Wildman–Crippen LogP) is 3.21. The number of amides is 3. The van der Waals surface area contributed by atoms with Gasteiger partial charge in [-0.2, -0.15) is 11.8 Å². The quantitative estimate of drug-likeness (QED) is 0.238. The molecule has 10 heteroatoms. The van der Waals surface area contributed by atoms with Crippen molar-refractivity contribution in [3.63, 3.8) is 0 Å². The van der Waals surface area contributed by atoms with Gasteiger partial charge in [-0.1, -0.05) is 36.8 Å². The number of hydrogen-bond donors (Lipinski definition) is 3. The van der Waals surface area contributed by atoms with Crippen LogP contribution < -0.4 is 16.0 Å². The summed E-state index contributed by atoms with van der Waals surface area (Å²) >= 11 is 1.59. The lowest BCUT2D eigenvalue weighted by Gasteiger charge is -2.23. The van der Waals surface area contributed by atoms with Crippen molar-refractivity contribution >= 4 is 35.6 Å². The third kappa shape index (κ3) is 14.0. The second-order valence-corrected chi connectivity index (χ2v) is 10.4. The Bertz CT molecular complexity index is 829. The summed E-state index contributed by atoms with van der Waals surface area (Å²) in [5.74, 6) is -0.232. The van der Waals surface area contributed by atoms with Gasteiger partial charge in [-0.25, -0.2) is 9.59 Å². The molecular weight excluding hydrogens is 482 g/mol. The van der Waals surface area contributed by atoms with E-state index in [0.717, 1.165) is 17.7 Å². The molecule has 3 N–H and O–H groups in total. The smallest absolute Gasteiger partial charge is 0.408 e. The van der Waals surface area contributed by atoms with Gasteiger partial charge in [0.05, 0.1) is 7.11 Å². The van der Waals surface area contributed by atoms with Crippen LogP contribution >= 0.6 is 11.8 Å². The van der Waals surface area contributed by atoms with Gasteiger partial charge in [-0.15, -0.1) is 0 Å². The van der Waals surface area contributed by atoms with E-state index < -0.39 is 29.7 Å². The van der Waals surface area contributed by atoms with Crippen LogP contribution in [-0.2, 0) is 30.3 Å². The summed E-state index contributed by atoms with van der Waals surface area (Å²) in [7, 11) is 1.30. The van der Waals surface area contributed by atoms with Crippen LogP contribution in [0, 0.1) is 0 Å². The highest BCUT2D eigenvalue weighted by Crippen LogP contribution is 2.09. The standard InChI is InChI=1S/C26H41N3O6S/c1-26(2,3)35-25(33)29-20(15-17-36-5)23(31)27-16-11-7-10-14-22(30)28-21(24(32)34-4)18-19-12-8-6-9-13-19/h6,8-9,12-13,20-21H,7,10-11,14-18H2,1-5H3,(H,27,31)(H,28,30)(H,29,33)/t20-,21-/m0/s1. The van der Waals surface area contributed by atoms with Crippen molar-refractivity contribution in [1.29, 1.82) is 0 Å². The number of esters is 1. The van der Waals surface area contributed by atoms with Crippen molar-refractivity contribution in [3.8, 4) is 0 Å². The second-order valence-electron chi connectivity index (χ2n) is 9.41. The second kappa shape index (κ2) is 16.8. The van der Waals surface area contributed by atoms with Crippen molar-refractivity contribution < 1.29 is 28.7 Å². The van der Waals surface area contributed by atoms with Gasteiger partial charge in [-0.05, 0) is 57.6 Å². The monoisotopic (exact) mass is 523 g/mol. The molecule has 0 saturated carbocycles. The predicted molar refractivity (Wildman–Crippen MR) is 142 cm³/mol. The summed E-state index contributed by atoms with van der Waals surface area (Å²) in [5, 5.41) is 8.25. The summed E-state index contributed by atoms with van der Waals surface area (Å²) < 4.78 is 10.1. The summed E-state index contributed by atoms with van der Waals surface area (Å²) in [5.41, 5.74) is 0.288. The minimum Gasteiger partial charge on any atom is -0.467 e. The lowest BCUT2D eigenvalue weighted by Crippen LogP contribution is -2.48. The fraction of sp³-hybridized carbons (Fsp3) is 0.615. The maximum Gasteiger partial charge on any atom is 0.408 e. The van der Waals surface area contributed by atoms with Gasteiger partial charge in [0, 0.05) is 19.4 Å². The van der Waals surface area contributed by atoms with E-state index in [-0.39, 0.29) is 18.2 Å². The van der Waals surface area contributed by atoms with E-state index in [1.807, 2.05) is 36.6 Å². The summed E-state index contributed by atoms with van der Waals surface area (Å²) in [4.78, 5) is 49.1. The van der Waals surface area contributed by atoms with Crippen molar-refractivity contribution in [2.75, 3.05) is 25.7 Å². The minimum absolute atomic E-state index is 0.218. The average molecular weight is 524 g/mol. The average Bonchev–Trinajstić information content (AvgIpc) is 2.82. The zero-order valence-corrected chi connectivity index (χ0v) is 22.9. The zero-order chi connectivity index (χ0) is 27.0. The molecule has 1 aromatic rings. The van der Waals surface area contributed by atoms with E-state index in [1.54, 1.807) is 32.5 Å². The molecule has 1 aromatic carbocycles. The van der Waals surface area contributed by atoms with E-state index in [9.17, 15) is 19.2 Å².